The molecule has 66 valence electrons. The summed E-state index contributed by atoms with van der Waals surface area (Å²) in [6.45, 7) is 0. The number of hydrogen-bond donors (Lipinski definition) is 3. The molecule has 0 unspecified atom stereocenters. The van der Waals surface area contributed by atoms with Crippen LogP contribution in [-0.2, 0) is 0 Å². The van der Waals surface area contributed by atoms with Gasteiger partial charge in [-0.25, -0.2) is 4.39 Å². The Morgan fingerprint density at radius 1 is 1.42 bits per heavy atom. The zero-order chi connectivity index (χ0) is 8.43. The topological polar surface area (TPSA) is 75.9 Å². The highest BCUT2D eigenvalue weighted by atomic mass is 35.5. The van der Waals surface area contributed by atoms with Gasteiger partial charge in [0.15, 0.2) is 0 Å². The Labute approximate surface area is 75.5 Å². The highest BCUT2D eigenvalue weighted by molar-refractivity contribution is 5.99. The van der Waals surface area contributed by atoms with E-state index < -0.39 is 5.82 Å². The molecule has 0 aromatic heterocycles. The average Bonchev–Trinajstić information content (AvgIpc) is 1.85. The van der Waals surface area contributed by atoms with Crippen molar-refractivity contribution in [2.24, 2.45) is 5.73 Å². The van der Waals surface area contributed by atoms with Crippen molar-refractivity contribution >= 4 is 23.9 Å². The van der Waals surface area contributed by atoms with Gasteiger partial charge in [0.05, 0.1) is 5.56 Å². The maximum atomic E-state index is 12.8. The van der Waals surface area contributed by atoms with Crippen LogP contribution in [0.1, 0.15) is 5.56 Å². The fourth-order valence-electron chi connectivity index (χ4n) is 0.825. The van der Waals surface area contributed by atoms with E-state index in [4.69, 9.17) is 16.9 Å². The van der Waals surface area contributed by atoms with Gasteiger partial charge in [0.2, 0.25) is 0 Å². The van der Waals surface area contributed by atoms with Crippen molar-refractivity contribution in [3.63, 3.8) is 0 Å². The second-order valence-corrected chi connectivity index (χ2v) is 2.12. The number of nitrogens with two attached hydrogens (primary N) is 2. The molecule has 1 aromatic carbocycles. The van der Waals surface area contributed by atoms with Crippen molar-refractivity contribution < 1.29 is 4.39 Å². The summed E-state index contributed by atoms with van der Waals surface area (Å²) >= 11 is 0. The van der Waals surface area contributed by atoms with E-state index >= 15 is 0 Å². The number of hydrogen-bond acceptors (Lipinski definition) is 2. The molecule has 0 amide bonds. The molecule has 0 fully saturated rings. The molecule has 0 spiro atoms. The minimum Gasteiger partial charge on any atom is -0.398 e. The first-order valence-corrected chi connectivity index (χ1v) is 3.01. The van der Waals surface area contributed by atoms with Gasteiger partial charge in [-0.05, 0) is 12.1 Å². The Balaban J connectivity index is 0.00000121. The lowest BCUT2D eigenvalue weighted by molar-refractivity contribution is 0.625. The van der Waals surface area contributed by atoms with E-state index in [1.807, 2.05) is 0 Å². The van der Waals surface area contributed by atoms with Crippen molar-refractivity contribution in [2.45, 2.75) is 0 Å². The summed E-state index contributed by atoms with van der Waals surface area (Å²) in [7, 11) is 0. The largest absolute Gasteiger partial charge is 0.398 e. The molecule has 0 bridgehead atoms. The molecule has 1 aromatic rings. The Bertz CT molecular complexity index is 280. The molecule has 1 rings (SSSR count). The van der Waals surface area contributed by atoms with Crippen LogP contribution in [0.2, 0.25) is 0 Å². The van der Waals surface area contributed by atoms with E-state index in [2.05, 4.69) is 0 Å². The maximum Gasteiger partial charge on any atom is 0.136 e. The van der Waals surface area contributed by atoms with Gasteiger partial charge in [-0.3, -0.25) is 5.41 Å². The molecular weight excluding hydrogens is 181 g/mol. The SMILES string of the molecule is Cl.N=C(N)c1c(N)cccc1F. The van der Waals surface area contributed by atoms with E-state index in [0.29, 0.717) is 0 Å². The van der Waals surface area contributed by atoms with Crippen LogP contribution in [0.25, 0.3) is 0 Å². The first-order valence-electron chi connectivity index (χ1n) is 3.01. The Hall–Kier alpha value is -1.29. The molecule has 0 radical (unpaired) electrons. The molecular formula is C7H9ClFN3. The Morgan fingerprint density at radius 3 is 2.33 bits per heavy atom. The molecule has 3 nitrogen and oxygen atoms in total. The van der Waals surface area contributed by atoms with E-state index in [9.17, 15) is 4.39 Å². The van der Waals surface area contributed by atoms with Gasteiger partial charge in [0.1, 0.15) is 11.7 Å². The zero-order valence-electron chi connectivity index (χ0n) is 6.17. The van der Waals surface area contributed by atoms with Crippen molar-refractivity contribution in [1.29, 1.82) is 5.41 Å². The summed E-state index contributed by atoms with van der Waals surface area (Å²) in [6.07, 6.45) is 0. The smallest absolute Gasteiger partial charge is 0.136 e. The standard InChI is InChI=1S/C7H8FN3.ClH/c8-4-2-1-3-5(9)6(4)7(10)11;/h1-3H,9H2,(H3,10,11);1H. The van der Waals surface area contributed by atoms with Gasteiger partial charge in [0, 0.05) is 5.69 Å². The summed E-state index contributed by atoms with van der Waals surface area (Å²) in [6, 6.07) is 4.18. The lowest BCUT2D eigenvalue weighted by Crippen LogP contribution is -2.15. The van der Waals surface area contributed by atoms with Crippen LogP contribution in [-0.4, -0.2) is 5.84 Å². The molecule has 0 atom stereocenters. The van der Waals surface area contributed by atoms with Gasteiger partial charge in [-0.15, -0.1) is 12.4 Å². The summed E-state index contributed by atoms with van der Waals surface area (Å²) in [5.74, 6) is -0.905. The van der Waals surface area contributed by atoms with E-state index in [0.717, 1.165) is 0 Å². The second-order valence-electron chi connectivity index (χ2n) is 2.12. The van der Waals surface area contributed by atoms with Crippen LogP contribution in [0, 0.1) is 11.2 Å². The van der Waals surface area contributed by atoms with Gasteiger partial charge in [-0.2, -0.15) is 0 Å². The van der Waals surface area contributed by atoms with Gasteiger partial charge < -0.3 is 11.5 Å². The van der Waals surface area contributed by atoms with Crippen LogP contribution in [0.3, 0.4) is 0 Å². The van der Waals surface area contributed by atoms with E-state index in [1.54, 1.807) is 0 Å². The molecule has 0 saturated carbocycles. The monoisotopic (exact) mass is 189 g/mol. The average molecular weight is 190 g/mol. The summed E-state index contributed by atoms with van der Waals surface area (Å²) < 4.78 is 12.8. The number of anilines is 1. The third-order valence-electron chi connectivity index (χ3n) is 1.32. The van der Waals surface area contributed by atoms with Crippen LogP contribution >= 0.6 is 12.4 Å². The van der Waals surface area contributed by atoms with Gasteiger partial charge >= 0.3 is 0 Å². The second kappa shape index (κ2) is 3.92. The maximum absolute atomic E-state index is 12.8. The number of nitrogens with one attached hydrogen (secondary N) is 1. The minimum absolute atomic E-state index is 0. The molecule has 12 heavy (non-hydrogen) atoms. The van der Waals surface area contributed by atoms with E-state index in [-0.39, 0.29) is 29.5 Å². The molecule has 0 aliphatic rings. The lowest BCUT2D eigenvalue weighted by atomic mass is 10.1. The van der Waals surface area contributed by atoms with E-state index in [1.165, 1.54) is 18.2 Å². The number of nitrogen functional groups attached to an aromatic ring is 2. The highest BCUT2D eigenvalue weighted by Gasteiger charge is 2.07. The van der Waals surface area contributed by atoms with Crippen LogP contribution < -0.4 is 11.5 Å². The third kappa shape index (κ3) is 1.85. The van der Waals surface area contributed by atoms with Crippen LogP contribution in [0.4, 0.5) is 10.1 Å². The molecule has 0 aliphatic carbocycles. The summed E-state index contributed by atoms with van der Waals surface area (Å²) in [4.78, 5) is 0. The number of amidine groups is 1. The zero-order valence-corrected chi connectivity index (χ0v) is 6.99. The van der Waals surface area contributed by atoms with Gasteiger partial charge in [-0.1, -0.05) is 6.07 Å². The normalized spacial score (nSPS) is 8.75. The van der Waals surface area contributed by atoms with Crippen molar-refractivity contribution in [3.05, 3.63) is 29.6 Å². The van der Waals surface area contributed by atoms with Crippen molar-refractivity contribution in [3.8, 4) is 0 Å². The predicted molar refractivity (Wildman–Crippen MR) is 49.1 cm³/mol. The fraction of sp³-hybridized carbons (Fsp3) is 0. The highest BCUT2D eigenvalue weighted by Crippen LogP contribution is 2.13. The molecule has 0 heterocycles. The van der Waals surface area contributed by atoms with Crippen molar-refractivity contribution in [2.75, 3.05) is 5.73 Å². The Morgan fingerprint density at radius 2 is 2.00 bits per heavy atom. The number of benzene rings is 1. The minimum atomic E-state index is -0.558. The Kier molecular flexibility index (Phi) is 3.50. The summed E-state index contributed by atoms with van der Waals surface area (Å²) in [5, 5.41) is 6.97. The molecule has 0 saturated heterocycles. The fourth-order valence-corrected chi connectivity index (χ4v) is 0.825. The summed E-state index contributed by atoms with van der Waals surface area (Å²) in [5.41, 5.74) is 10.6. The quantitative estimate of drug-likeness (QED) is 0.352. The third-order valence-corrected chi connectivity index (χ3v) is 1.32. The first-order chi connectivity index (χ1) is 5.13. The molecule has 5 heteroatoms. The molecule has 5 N–H and O–H groups in total. The van der Waals surface area contributed by atoms with Crippen LogP contribution in [0.15, 0.2) is 18.2 Å². The predicted octanol–water partition coefficient (Wildman–Crippen LogP) is 1.11. The lowest BCUT2D eigenvalue weighted by Gasteiger charge is -2.02. The van der Waals surface area contributed by atoms with Gasteiger partial charge in [0.25, 0.3) is 0 Å². The number of rotatable bonds is 1. The number of halogens is 2. The molecule has 0 aliphatic heterocycles. The van der Waals surface area contributed by atoms with Crippen molar-refractivity contribution in [1.82, 2.24) is 0 Å². The first kappa shape index (κ1) is 10.7. The van der Waals surface area contributed by atoms with Crippen LogP contribution in [0.5, 0.6) is 0 Å².